The second-order valence-corrected chi connectivity index (χ2v) is 11.4. The van der Waals surface area contributed by atoms with E-state index in [4.69, 9.17) is 16.1 Å². The van der Waals surface area contributed by atoms with Crippen LogP contribution in [0.5, 0.6) is 0 Å². The Bertz CT molecular complexity index is 1170. The molecule has 162 valence electrons. The van der Waals surface area contributed by atoms with Gasteiger partial charge in [0.2, 0.25) is 0 Å². The SMILES string of the molecule is Cc1ccc(P(=O)(Nc2cc(-c3ccc(Cl)cc3)sc2C(=O)O)OCC2CC2)c(C)c1. The van der Waals surface area contributed by atoms with E-state index in [-0.39, 0.29) is 4.88 Å². The van der Waals surface area contributed by atoms with Crippen molar-refractivity contribution in [3.63, 3.8) is 0 Å². The van der Waals surface area contributed by atoms with Gasteiger partial charge in [-0.25, -0.2) is 4.79 Å². The van der Waals surface area contributed by atoms with Gasteiger partial charge in [0, 0.05) is 9.90 Å². The van der Waals surface area contributed by atoms with Crippen LogP contribution < -0.4 is 10.4 Å². The lowest BCUT2D eigenvalue weighted by molar-refractivity contribution is 0.0703. The maximum atomic E-state index is 14.1. The van der Waals surface area contributed by atoms with Crippen LogP contribution in [-0.2, 0) is 9.09 Å². The fourth-order valence-corrected chi connectivity index (χ4v) is 6.54. The Morgan fingerprint density at radius 2 is 1.90 bits per heavy atom. The van der Waals surface area contributed by atoms with E-state index in [0.717, 1.165) is 45.7 Å². The smallest absolute Gasteiger partial charge is 0.348 e. The highest BCUT2D eigenvalue weighted by atomic mass is 35.5. The number of carbonyl (C=O) groups is 1. The maximum Gasteiger partial charge on any atom is 0.348 e. The van der Waals surface area contributed by atoms with Crippen LogP contribution in [0.4, 0.5) is 5.69 Å². The molecule has 3 aromatic rings. The molecule has 0 bridgehead atoms. The van der Waals surface area contributed by atoms with Gasteiger partial charge in [-0.15, -0.1) is 11.3 Å². The lowest BCUT2D eigenvalue weighted by Crippen LogP contribution is -2.18. The second-order valence-electron chi connectivity index (χ2n) is 7.86. The van der Waals surface area contributed by atoms with Crippen molar-refractivity contribution in [3.05, 3.63) is 69.6 Å². The Labute approximate surface area is 190 Å². The summed E-state index contributed by atoms with van der Waals surface area (Å²) in [4.78, 5) is 12.8. The first-order chi connectivity index (χ1) is 14.7. The molecule has 1 fully saturated rings. The molecule has 2 aromatic carbocycles. The third-order valence-corrected chi connectivity index (χ3v) is 8.79. The van der Waals surface area contributed by atoms with Crippen LogP contribution in [0.2, 0.25) is 5.02 Å². The van der Waals surface area contributed by atoms with Crippen molar-refractivity contribution < 1.29 is 19.0 Å². The molecule has 1 saturated carbocycles. The van der Waals surface area contributed by atoms with Gasteiger partial charge in [0.25, 0.3) is 0 Å². The van der Waals surface area contributed by atoms with E-state index in [1.165, 1.54) is 0 Å². The molecule has 2 N–H and O–H groups in total. The molecule has 1 atom stereocenters. The van der Waals surface area contributed by atoms with Crippen molar-refractivity contribution in [2.24, 2.45) is 5.92 Å². The molecule has 1 aliphatic rings. The standard InChI is InChI=1S/C23H23ClNO4PS/c1-14-3-10-20(15(2)11-14)30(28,29-13-16-4-5-16)25-19-12-21(31-22(19)23(26)27)17-6-8-18(24)9-7-17/h3,6-12,16H,4-5,13H2,1-2H3,(H,25,28)(H,26,27). The van der Waals surface area contributed by atoms with E-state index in [1.54, 1.807) is 24.3 Å². The lowest BCUT2D eigenvalue weighted by atomic mass is 10.2. The first-order valence-electron chi connectivity index (χ1n) is 9.99. The number of rotatable bonds is 8. The molecule has 0 amide bonds. The molecular formula is C23H23ClNO4PS. The second kappa shape index (κ2) is 8.79. The fraction of sp³-hybridized carbons (Fsp3) is 0.261. The quantitative estimate of drug-likeness (QED) is 0.353. The van der Waals surface area contributed by atoms with Crippen molar-refractivity contribution in [1.29, 1.82) is 0 Å². The molecule has 0 radical (unpaired) electrons. The van der Waals surface area contributed by atoms with Crippen LogP contribution in [0.3, 0.4) is 0 Å². The van der Waals surface area contributed by atoms with Gasteiger partial charge in [0.15, 0.2) is 0 Å². The summed E-state index contributed by atoms with van der Waals surface area (Å²) in [5, 5.41) is 13.9. The van der Waals surface area contributed by atoms with Crippen LogP contribution in [0.1, 0.15) is 33.6 Å². The van der Waals surface area contributed by atoms with Gasteiger partial charge in [0.1, 0.15) is 4.88 Å². The molecule has 0 saturated heterocycles. The summed E-state index contributed by atoms with van der Waals surface area (Å²) < 4.78 is 20.0. The topological polar surface area (TPSA) is 75.6 Å². The lowest BCUT2D eigenvalue weighted by Gasteiger charge is -2.22. The van der Waals surface area contributed by atoms with E-state index in [2.05, 4.69) is 5.09 Å². The van der Waals surface area contributed by atoms with Crippen LogP contribution in [-0.4, -0.2) is 17.7 Å². The van der Waals surface area contributed by atoms with Crippen LogP contribution in [0.15, 0.2) is 48.5 Å². The highest BCUT2D eigenvalue weighted by Crippen LogP contribution is 2.51. The minimum atomic E-state index is -3.55. The van der Waals surface area contributed by atoms with Gasteiger partial charge < -0.3 is 14.7 Å². The van der Waals surface area contributed by atoms with Crippen molar-refractivity contribution in [1.82, 2.24) is 0 Å². The zero-order valence-corrected chi connectivity index (χ0v) is 19.7. The minimum absolute atomic E-state index is 0.0879. The molecule has 4 rings (SSSR count). The molecular weight excluding hydrogens is 453 g/mol. The Kier molecular flexibility index (Phi) is 6.27. The van der Waals surface area contributed by atoms with Gasteiger partial charge in [-0.05, 0) is 68.0 Å². The predicted molar refractivity (Wildman–Crippen MR) is 127 cm³/mol. The van der Waals surface area contributed by atoms with Gasteiger partial charge in [-0.2, -0.15) is 0 Å². The molecule has 0 spiro atoms. The third-order valence-electron chi connectivity index (χ3n) is 5.18. The molecule has 0 aliphatic heterocycles. The number of carboxylic acid groups (broad SMARTS) is 1. The number of hydrogen-bond donors (Lipinski definition) is 2. The average molecular weight is 476 g/mol. The molecule has 8 heteroatoms. The number of halogens is 1. The number of aromatic carboxylic acids is 1. The number of thiophene rings is 1. The monoisotopic (exact) mass is 475 g/mol. The molecule has 1 unspecified atom stereocenters. The van der Waals surface area contributed by atoms with Gasteiger partial charge >= 0.3 is 13.5 Å². The number of hydrogen-bond acceptors (Lipinski definition) is 4. The van der Waals surface area contributed by atoms with E-state index >= 15 is 0 Å². The van der Waals surface area contributed by atoms with Crippen molar-refractivity contribution in [2.75, 3.05) is 11.7 Å². The van der Waals surface area contributed by atoms with Crippen LogP contribution >= 0.6 is 30.5 Å². The highest BCUT2D eigenvalue weighted by molar-refractivity contribution is 7.68. The average Bonchev–Trinajstić information content (AvgIpc) is 3.45. The predicted octanol–water partition coefficient (Wildman–Crippen LogP) is 6.74. The summed E-state index contributed by atoms with van der Waals surface area (Å²) in [6.45, 7) is 4.25. The molecule has 1 heterocycles. The number of anilines is 1. The Morgan fingerprint density at radius 3 is 2.52 bits per heavy atom. The summed E-state index contributed by atoms with van der Waals surface area (Å²) in [5.74, 6) is -0.672. The first kappa shape index (κ1) is 22.1. The van der Waals surface area contributed by atoms with E-state index < -0.39 is 13.5 Å². The normalized spacial score (nSPS) is 15.5. The number of carboxylic acids is 1. The third kappa shape index (κ3) is 5.04. The Morgan fingerprint density at radius 1 is 1.19 bits per heavy atom. The summed E-state index contributed by atoms with van der Waals surface area (Å²) in [6.07, 6.45) is 2.12. The number of aryl methyl sites for hydroxylation is 2. The molecule has 1 aliphatic carbocycles. The Hall–Kier alpha value is -2.11. The van der Waals surface area contributed by atoms with E-state index in [1.807, 2.05) is 38.1 Å². The minimum Gasteiger partial charge on any atom is -0.477 e. The maximum absolute atomic E-state index is 14.1. The molecule has 31 heavy (non-hydrogen) atoms. The first-order valence-corrected chi connectivity index (χ1v) is 12.8. The van der Waals surface area contributed by atoms with Crippen LogP contribution in [0, 0.1) is 19.8 Å². The zero-order chi connectivity index (χ0) is 22.2. The van der Waals surface area contributed by atoms with Crippen molar-refractivity contribution in [3.8, 4) is 10.4 Å². The van der Waals surface area contributed by atoms with E-state index in [0.29, 0.717) is 28.5 Å². The summed E-state index contributed by atoms with van der Waals surface area (Å²) in [6, 6.07) is 14.5. The number of benzene rings is 2. The van der Waals surface area contributed by atoms with Gasteiger partial charge in [-0.3, -0.25) is 4.57 Å². The van der Waals surface area contributed by atoms with Crippen LogP contribution in [0.25, 0.3) is 10.4 Å². The summed E-state index contributed by atoms with van der Waals surface area (Å²) in [7, 11) is -3.55. The zero-order valence-electron chi connectivity index (χ0n) is 17.2. The molecule has 5 nitrogen and oxygen atoms in total. The van der Waals surface area contributed by atoms with E-state index in [9.17, 15) is 14.5 Å². The number of nitrogens with one attached hydrogen (secondary N) is 1. The molecule has 1 aromatic heterocycles. The summed E-state index contributed by atoms with van der Waals surface area (Å²) >= 11 is 7.10. The van der Waals surface area contributed by atoms with Gasteiger partial charge in [0.05, 0.1) is 17.6 Å². The van der Waals surface area contributed by atoms with Crippen molar-refractivity contribution >= 4 is 47.4 Å². The Balaban J connectivity index is 1.74. The largest absolute Gasteiger partial charge is 0.477 e. The highest BCUT2D eigenvalue weighted by Gasteiger charge is 2.34. The van der Waals surface area contributed by atoms with Crippen molar-refractivity contribution in [2.45, 2.75) is 26.7 Å². The fourth-order valence-electron chi connectivity index (χ4n) is 3.34. The summed E-state index contributed by atoms with van der Waals surface area (Å²) in [5.41, 5.74) is 3.03. The van der Waals surface area contributed by atoms with Gasteiger partial charge in [-0.1, -0.05) is 41.4 Å².